The molecule has 2 aromatic rings. The molecule has 152 valence electrons. The first-order valence-corrected chi connectivity index (χ1v) is 11.9. The van der Waals surface area contributed by atoms with Gasteiger partial charge in [-0.1, -0.05) is 42.3 Å². The molecule has 0 aromatic heterocycles. The number of nitrogens with zero attached hydrogens (tertiary/aromatic N) is 1. The predicted octanol–water partition coefficient (Wildman–Crippen LogP) is 4.28. The van der Waals surface area contributed by atoms with E-state index in [1.165, 1.54) is 63.0 Å². The standard InChI is InChI=1S/C22H29ClN2O2S/c23-21-10-12-22(13-11-21)28(26,27)24-15-14-20-8-6-19(7-9-20)5-4-18-25-16-2-1-3-17-25/h6-13,24H,1-5,14-18H2. The van der Waals surface area contributed by atoms with E-state index < -0.39 is 10.0 Å². The fourth-order valence-corrected chi connectivity index (χ4v) is 4.75. The Hall–Kier alpha value is -1.40. The number of hydrogen-bond acceptors (Lipinski definition) is 3. The molecule has 0 atom stereocenters. The zero-order valence-corrected chi connectivity index (χ0v) is 17.8. The van der Waals surface area contributed by atoms with E-state index in [-0.39, 0.29) is 4.90 Å². The summed E-state index contributed by atoms with van der Waals surface area (Å²) in [6.07, 6.45) is 7.03. The maximum Gasteiger partial charge on any atom is 0.240 e. The van der Waals surface area contributed by atoms with Crippen LogP contribution in [0.3, 0.4) is 0 Å². The van der Waals surface area contributed by atoms with Crippen LogP contribution < -0.4 is 4.72 Å². The molecule has 1 aliphatic rings. The lowest BCUT2D eigenvalue weighted by Gasteiger charge is -2.26. The van der Waals surface area contributed by atoms with Gasteiger partial charge in [0.25, 0.3) is 0 Å². The molecule has 1 fully saturated rings. The fourth-order valence-electron chi connectivity index (χ4n) is 3.59. The summed E-state index contributed by atoms with van der Waals surface area (Å²) in [5.74, 6) is 0. The van der Waals surface area contributed by atoms with Crippen LogP contribution >= 0.6 is 11.6 Å². The Labute approximate surface area is 174 Å². The molecule has 1 heterocycles. The lowest BCUT2D eigenvalue weighted by atomic mass is 10.0. The van der Waals surface area contributed by atoms with Gasteiger partial charge in [0.15, 0.2) is 0 Å². The van der Waals surface area contributed by atoms with Crippen LogP contribution in [0, 0.1) is 0 Å². The van der Waals surface area contributed by atoms with Gasteiger partial charge >= 0.3 is 0 Å². The van der Waals surface area contributed by atoms with E-state index in [0.29, 0.717) is 18.0 Å². The number of benzene rings is 2. The van der Waals surface area contributed by atoms with E-state index in [1.54, 1.807) is 12.1 Å². The number of likely N-dealkylation sites (tertiary alicyclic amines) is 1. The van der Waals surface area contributed by atoms with Crippen molar-refractivity contribution in [3.05, 3.63) is 64.7 Å². The van der Waals surface area contributed by atoms with Crippen molar-refractivity contribution in [1.29, 1.82) is 0 Å². The van der Waals surface area contributed by atoms with Crippen molar-refractivity contribution in [1.82, 2.24) is 9.62 Å². The summed E-state index contributed by atoms with van der Waals surface area (Å²) in [5.41, 5.74) is 2.49. The molecule has 0 aliphatic carbocycles. The summed E-state index contributed by atoms with van der Waals surface area (Å²) in [5, 5.41) is 0.523. The number of rotatable bonds is 9. The molecule has 6 heteroatoms. The summed E-state index contributed by atoms with van der Waals surface area (Å²) in [6, 6.07) is 14.7. The van der Waals surface area contributed by atoms with Gasteiger partial charge in [-0.15, -0.1) is 0 Å². The minimum Gasteiger partial charge on any atom is -0.303 e. The highest BCUT2D eigenvalue weighted by Gasteiger charge is 2.13. The second-order valence-electron chi connectivity index (χ2n) is 7.42. The molecule has 2 aromatic carbocycles. The topological polar surface area (TPSA) is 49.4 Å². The zero-order chi connectivity index (χ0) is 19.8. The van der Waals surface area contributed by atoms with E-state index in [2.05, 4.69) is 33.9 Å². The molecule has 1 saturated heterocycles. The summed E-state index contributed by atoms with van der Waals surface area (Å²) in [7, 11) is -3.49. The highest BCUT2D eigenvalue weighted by Crippen LogP contribution is 2.14. The Balaban J connectivity index is 1.40. The van der Waals surface area contributed by atoms with Crippen molar-refractivity contribution in [3.8, 4) is 0 Å². The fraction of sp³-hybridized carbons (Fsp3) is 0.455. The highest BCUT2D eigenvalue weighted by molar-refractivity contribution is 7.89. The third kappa shape index (κ3) is 6.59. The minimum absolute atomic E-state index is 0.237. The van der Waals surface area contributed by atoms with Gasteiger partial charge in [-0.2, -0.15) is 0 Å². The molecule has 0 radical (unpaired) electrons. The van der Waals surface area contributed by atoms with E-state index >= 15 is 0 Å². The average Bonchev–Trinajstić information content (AvgIpc) is 2.70. The number of hydrogen-bond donors (Lipinski definition) is 1. The SMILES string of the molecule is O=S(=O)(NCCc1ccc(CCCN2CCCCC2)cc1)c1ccc(Cl)cc1. The first-order chi connectivity index (χ1) is 13.5. The van der Waals surface area contributed by atoms with Crippen LogP contribution in [0.5, 0.6) is 0 Å². The van der Waals surface area contributed by atoms with Crippen molar-refractivity contribution in [3.63, 3.8) is 0 Å². The summed E-state index contributed by atoms with van der Waals surface area (Å²) in [6.45, 7) is 4.07. The molecular formula is C22H29ClN2O2S. The number of nitrogens with one attached hydrogen (secondary N) is 1. The van der Waals surface area contributed by atoms with Crippen LogP contribution in [0.1, 0.15) is 36.8 Å². The van der Waals surface area contributed by atoms with Crippen LogP contribution in [0.2, 0.25) is 5.02 Å². The zero-order valence-electron chi connectivity index (χ0n) is 16.2. The van der Waals surface area contributed by atoms with E-state index in [4.69, 9.17) is 11.6 Å². The lowest BCUT2D eigenvalue weighted by Crippen LogP contribution is -2.30. The maximum atomic E-state index is 12.3. The molecule has 4 nitrogen and oxygen atoms in total. The second kappa shape index (κ2) is 10.4. The van der Waals surface area contributed by atoms with Crippen molar-refractivity contribution >= 4 is 21.6 Å². The van der Waals surface area contributed by atoms with E-state index in [9.17, 15) is 8.42 Å². The maximum absolute atomic E-state index is 12.3. The smallest absolute Gasteiger partial charge is 0.240 e. The Kier molecular flexibility index (Phi) is 7.91. The molecule has 28 heavy (non-hydrogen) atoms. The van der Waals surface area contributed by atoms with Crippen molar-refractivity contribution in [2.24, 2.45) is 0 Å². The van der Waals surface area contributed by atoms with E-state index in [0.717, 1.165) is 12.0 Å². The van der Waals surface area contributed by atoms with Gasteiger partial charge in [-0.25, -0.2) is 13.1 Å². The van der Waals surface area contributed by atoms with Crippen LogP contribution in [0.25, 0.3) is 0 Å². The van der Waals surface area contributed by atoms with Crippen LogP contribution in [0.4, 0.5) is 0 Å². The van der Waals surface area contributed by atoms with Crippen LogP contribution in [-0.2, 0) is 22.9 Å². The predicted molar refractivity (Wildman–Crippen MR) is 115 cm³/mol. The third-order valence-electron chi connectivity index (χ3n) is 5.24. The molecule has 0 amide bonds. The Morgan fingerprint density at radius 1 is 0.857 bits per heavy atom. The first-order valence-electron chi connectivity index (χ1n) is 10.1. The molecule has 3 rings (SSSR count). The molecule has 0 saturated carbocycles. The monoisotopic (exact) mass is 420 g/mol. The van der Waals surface area contributed by atoms with Gasteiger partial charge in [0.1, 0.15) is 0 Å². The van der Waals surface area contributed by atoms with Gasteiger partial charge in [0.2, 0.25) is 10.0 Å². The van der Waals surface area contributed by atoms with Gasteiger partial charge < -0.3 is 4.90 Å². The quantitative estimate of drug-likeness (QED) is 0.658. The minimum atomic E-state index is -3.49. The first kappa shape index (κ1) is 21.3. The Bertz CT molecular complexity index is 830. The largest absolute Gasteiger partial charge is 0.303 e. The van der Waals surface area contributed by atoms with Gasteiger partial charge in [-0.3, -0.25) is 0 Å². The van der Waals surface area contributed by atoms with E-state index in [1.807, 2.05) is 0 Å². The molecular weight excluding hydrogens is 392 g/mol. The molecule has 1 aliphatic heterocycles. The number of aryl methyl sites for hydroxylation is 1. The second-order valence-corrected chi connectivity index (χ2v) is 9.63. The summed E-state index contributed by atoms with van der Waals surface area (Å²) < 4.78 is 27.2. The van der Waals surface area contributed by atoms with Gasteiger partial charge in [0.05, 0.1) is 4.90 Å². The van der Waals surface area contributed by atoms with Crippen molar-refractivity contribution < 1.29 is 8.42 Å². The highest BCUT2D eigenvalue weighted by atomic mass is 35.5. The van der Waals surface area contributed by atoms with Gasteiger partial charge in [-0.05, 0) is 87.1 Å². The van der Waals surface area contributed by atoms with Crippen molar-refractivity contribution in [2.75, 3.05) is 26.2 Å². The number of sulfonamides is 1. The normalized spacial score (nSPS) is 15.6. The summed E-state index contributed by atoms with van der Waals surface area (Å²) in [4.78, 5) is 2.81. The Morgan fingerprint density at radius 3 is 2.11 bits per heavy atom. The lowest BCUT2D eigenvalue weighted by molar-refractivity contribution is 0.226. The average molecular weight is 421 g/mol. The van der Waals surface area contributed by atoms with Crippen molar-refractivity contribution in [2.45, 2.75) is 43.4 Å². The molecule has 0 unspecified atom stereocenters. The van der Waals surface area contributed by atoms with Crippen LogP contribution in [0.15, 0.2) is 53.4 Å². The van der Waals surface area contributed by atoms with Gasteiger partial charge in [0, 0.05) is 11.6 Å². The summed E-state index contributed by atoms with van der Waals surface area (Å²) >= 11 is 5.81. The van der Waals surface area contributed by atoms with Crippen LogP contribution in [-0.4, -0.2) is 39.5 Å². The molecule has 0 bridgehead atoms. The number of piperidine rings is 1. The Morgan fingerprint density at radius 2 is 1.46 bits per heavy atom. The molecule has 0 spiro atoms. The third-order valence-corrected chi connectivity index (χ3v) is 6.97. The number of halogens is 1. The molecule has 1 N–H and O–H groups in total.